The number of benzene rings is 2. The summed E-state index contributed by atoms with van der Waals surface area (Å²) in [6, 6.07) is 7.88. The van der Waals surface area contributed by atoms with Gasteiger partial charge in [-0.05, 0) is 29.8 Å². The molecule has 0 aliphatic rings. The Labute approximate surface area is 115 Å². The second-order valence-electron chi connectivity index (χ2n) is 4.23. The lowest BCUT2D eigenvalue weighted by molar-refractivity contribution is 0.385. The number of ether oxygens (including phenoxy) is 2. The van der Waals surface area contributed by atoms with Gasteiger partial charge in [0.1, 0.15) is 11.6 Å². The van der Waals surface area contributed by atoms with Crippen molar-refractivity contribution >= 4 is 0 Å². The molecule has 2 aromatic carbocycles. The number of hydrogen-bond acceptors (Lipinski definition) is 3. The van der Waals surface area contributed by atoms with Crippen LogP contribution in [-0.2, 0) is 0 Å². The minimum atomic E-state index is -0.827. The third-order valence-electron chi connectivity index (χ3n) is 3.08. The van der Waals surface area contributed by atoms with Crippen molar-refractivity contribution in [3.8, 4) is 11.5 Å². The van der Waals surface area contributed by atoms with Crippen molar-refractivity contribution in [2.24, 2.45) is 5.73 Å². The molecule has 0 aromatic heterocycles. The van der Waals surface area contributed by atoms with Crippen LogP contribution >= 0.6 is 0 Å². The first-order valence-electron chi connectivity index (χ1n) is 6.00. The van der Waals surface area contributed by atoms with Gasteiger partial charge in [-0.1, -0.05) is 12.1 Å². The van der Waals surface area contributed by atoms with Crippen LogP contribution in [0.1, 0.15) is 17.2 Å². The average molecular weight is 279 g/mol. The molecule has 0 aliphatic heterocycles. The van der Waals surface area contributed by atoms with Gasteiger partial charge in [-0.2, -0.15) is 0 Å². The van der Waals surface area contributed by atoms with E-state index in [2.05, 4.69) is 0 Å². The first-order valence-corrected chi connectivity index (χ1v) is 6.00. The van der Waals surface area contributed by atoms with E-state index in [0.717, 1.165) is 0 Å². The normalized spacial score (nSPS) is 12.1. The topological polar surface area (TPSA) is 44.5 Å². The number of halogens is 2. The van der Waals surface area contributed by atoms with Crippen molar-refractivity contribution < 1.29 is 18.3 Å². The van der Waals surface area contributed by atoms with Crippen LogP contribution in [0.2, 0.25) is 0 Å². The minimum absolute atomic E-state index is 0.112. The summed E-state index contributed by atoms with van der Waals surface area (Å²) in [6.45, 7) is 0. The van der Waals surface area contributed by atoms with Crippen LogP contribution in [0.4, 0.5) is 8.78 Å². The maximum atomic E-state index is 13.9. The Morgan fingerprint density at radius 2 is 1.65 bits per heavy atom. The smallest absolute Gasteiger partial charge is 0.165 e. The molecular formula is C15H15F2NO2. The minimum Gasteiger partial charge on any atom is -0.496 e. The van der Waals surface area contributed by atoms with Gasteiger partial charge < -0.3 is 15.2 Å². The molecule has 2 N–H and O–H groups in total. The van der Waals surface area contributed by atoms with E-state index in [9.17, 15) is 8.78 Å². The van der Waals surface area contributed by atoms with Gasteiger partial charge in [0.25, 0.3) is 0 Å². The fourth-order valence-electron chi connectivity index (χ4n) is 2.04. The number of hydrogen-bond donors (Lipinski definition) is 1. The van der Waals surface area contributed by atoms with Crippen LogP contribution in [0.3, 0.4) is 0 Å². The van der Waals surface area contributed by atoms with Gasteiger partial charge in [0.2, 0.25) is 0 Å². The van der Waals surface area contributed by atoms with Gasteiger partial charge in [-0.3, -0.25) is 0 Å². The Morgan fingerprint density at radius 3 is 2.25 bits per heavy atom. The fraction of sp³-hybridized carbons (Fsp3) is 0.200. The third-order valence-corrected chi connectivity index (χ3v) is 3.08. The van der Waals surface area contributed by atoms with Crippen LogP contribution in [-0.4, -0.2) is 14.2 Å². The zero-order chi connectivity index (χ0) is 14.7. The van der Waals surface area contributed by atoms with Crippen molar-refractivity contribution in [1.82, 2.24) is 0 Å². The summed E-state index contributed by atoms with van der Waals surface area (Å²) >= 11 is 0. The van der Waals surface area contributed by atoms with Crippen LogP contribution in [0.5, 0.6) is 11.5 Å². The maximum Gasteiger partial charge on any atom is 0.165 e. The van der Waals surface area contributed by atoms with Crippen LogP contribution in [0.25, 0.3) is 0 Å². The highest BCUT2D eigenvalue weighted by Gasteiger charge is 2.19. The molecular weight excluding hydrogens is 264 g/mol. The number of methoxy groups -OCH3 is 2. The Balaban J connectivity index is 2.46. The van der Waals surface area contributed by atoms with Gasteiger partial charge in [0.05, 0.1) is 25.8 Å². The first kappa shape index (κ1) is 14.3. The van der Waals surface area contributed by atoms with E-state index in [-0.39, 0.29) is 11.3 Å². The summed E-state index contributed by atoms with van der Waals surface area (Å²) in [4.78, 5) is 0. The lowest BCUT2D eigenvalue weighted by atomic mass is 9.98. The van der Waals surface area contributed by atoms with E-state index in [1.807, 2.05) is 0 Å². The monoisotopic (exact) mass is 279 g/mol. The zero-order valence-electron chi connectivity index (χ0n) is 11.2. The number of rotatable bonds is 4. The molecule has 20 heavy (non-hydrogen) atoms. The summed E-state index contributed by atoms with van der Waals surface area (Å²) in [6.07, 6.45) is 0. The predicted molar refractivity (Wildman–Crippen MR) is 71.9 cm³/mol. The van der Waals surface area contributed by atoms with Crippen molar-refractivity contribution in [3.05, 3.63) is 59.2 Å². The average Bonchev–Trinajstić information content (AvgIpc) is 2.46. The lowest BCUT2D eigenvalue weighted by Gasteiger charge is -2.17. The van der Waals surface area contributed by atoms with Crippen LogP contribution < -0.4 is 15.2 Å². The Kier molecular flexibility index (Phi) is 4.20. The molecule has 106 valence electrons. The molecule has 2 aromatic rings. The molecule has 0 spiro atoms. The van der Waals surface area contributed by atoms with Crippen LogP contribution in [0, 0.1) is 11.6 Å². The van der Waals surface area contributed by atoms with Gasteiger partial charge >= 0.3 is 0 Å². The standard InChI is InChI=1S/C15H15F2NO2/c1-19-12-7-6-9(8-11(12)17)15(18)14-10(16)4-3-5-13(14)20-2/h3-8,15H,18H2,1-2H3. The van der Waals surface area contributed by atoms with Crippen molar-refractivity contribution in [3.63, 3.8) is 0 Å². The molecule has 0 radical (unpaired) electrons. The molecule has 1 atom stereocenters. The Bertz CT molecular complexity index is 617. The molecule has 0 aliphatic carbocycles. The van der Waals surface area contributed by atoms with Gasteiger partial charge in [0.15, 0.2) is 11.6 Å². The molecule has 0 saturated heterocycles. The van der Waals surface area contributed by atoms with Crippen molar-refractivity contribution in [2.45, 2.75) is 6.04 Å². The molecule has 0 saturated carbocycles. The molecule has 1 unspecified atom stereocenters. The van der Waals surface area contributed by atoms with E-state index >= 15 is 0 Å². The van der Waals surface area contributed by atoms with Crippen molar-refractivity contribution in [2.75, 3.05) is 14.2 Å². The van der Waals surface area contributed by atoms with E-state index < -0.39 is 17.7 Å². The highest BCUT2D eigenvalue weighted by Crippen LogP contribution is 2.32. The molecule has 0 fully saturated rings. The molecule has 0 amide bonds. The highest BCUT2D eigenvalue weighted by atomic mass is 19.1. The van der Waals surface area contributed by atoms with Gasteiger partial charge in [0, 0.05) is 0 Å². The largest absolute Gasteiger partial charge is 0.496 e. The Hall–Kier alpha value is -2.14. The SMILES string of the molecule is COc1ccc(C(N)c2c(F)cccc2OC)cc1F. The fourth-order valence-corrected chi connectivity index (χ4v) is 2.04. The maximum absolute atomic E-state index is 13.9. The predicted octanol–water partition coefficient (Wildman–Crippen LogP) is 3.03. The lowest BCUT2D eigenvalue weighted by Crippen LogP contribution is -2.15. The molecule has 3 nitrogen and oxygen atoms in total. The van der Waals surface area contributed by atoms with Gasteiger partial charge in [-0.25, -0.2) is 8.78 Å². The second-order valence-corrected chi connectivity index (χ2v) is 4.23. The van der Waals surface area contributed by atoms with E-state index in [1.54, 1.807) is 12.1 Å². The van der Waals surface area contributed by atoms with E-state index in [0.29, 0.717) is 11.3 Å². The highest BCUT2D eigenvalue weighted by molar-refractivity contribution is 5.43. The van der Waals surface area contributed by atoms with Crippen molar-refractivity contribution in [1.29, 1.82) is 0 Å². The van der Waals surface area contributed by atoms with E-state index in [4.69, 9.17) is 15.2 Å². The summed E-state index contributed by atoms with van der Waals surface area (Å²) in [7, 11) is 2.80. The second kappa shape index (κ2) is 5.88. The summed E-state index contributed by atoms with van der Waals surface area (Å²) in [5.74, 6) is -0.598. The molecule has 0 bridgehead atoms. The molecule has 5 heteroatoms. The zero-order valence-corrected chi connectivity index (χ0v) is 11.2. The molecule has 0 heterocycles. The molecule has 2 rings (SSSR count). The summed E-state index contributed by atoms with van der Waals surface area (Å²) < 4.78 is 37.6. The van der Waals surface area contributed by atoms with E-state index in [1.165, 1.54) is 38.5 Å². The van der Waals surface area contributed by atoms with Gasteiger partial charge in [-0.15, -0.1) is 0 Å². The number of nitrogens with two attached hydrogens (primary N) is 1. The first-order chi connectivity index (χ1) is 9.58. The Morgan fingerprint density at radius 1 is 0.950 bits per heavy atom. The summed E-state index contributed by atoms with van der Waals surface area (Å²) in [5, 5.41) is 0. The summed E-state index contributed by atoms with van der Waals surface area (Å²) in [5.41, 5.74) is 6.66. The van der Waals surface area contributed by atoms with Crippen LogP contribution in [0.15, 0.2) is 36.4 Å². The third kappa shape index (κ3) is 2.58. The quantitative estimate of drug-likeness (QED) is 0.935.